The maximum atomic E-state index is 11.7. The summed E-state index contributed by atoms with van der Waals surface area (Å²) in [5.41, 5.74) is 1.53. The highest BCUT2D eigenvalue weighted by atomic mass is 16.5. The van der Waals surface area contributed by atoms with Gasteiger partial charge >= 0.3 is 5.97 Å². The lowest BCUT2D eigenvalue weighted by Crippen LogP contribution is -2.36. The van der Waals surface area contributed by atoms with Crippen molar-refractivity contribution in [2.24, 2.45) is 11.3 Å². The highest BCUT2D eigenvalue weighted by Crippen LogP contribution is 2.40. The molecule has 0 amide bonds. The van der Waals surface area contributed by atoms with Crippen molar-refractivity contribution in [1.82, 2.24) is 0 Å². The molecular formula is C19H29NO3. The van der Waals surface area contributed by atoms with E-state index < -0.39 is 11.4 Å². The first kappa shape index (κ1) is 17.8. The summed E-state index contributed by atoms with van der Waals surface area (Å²) in [4.78, 5) is 14.0. The quantitative estimate of drug-likeness (QED) is 0.867. The molecule has 0 radical (unpaired) electrons. The minimum atomic E-state index is -0.773. The van der Waals surface area contributed by atoms with Crippen molar-refractivity contribution in [3.63, 3.8) is 0 Å². The maximum Gasteiger partial charge on any atom is 0.309 e. The van der Waals surface area contributed by atoms with Gasteiger partial charge in [0.25, 0.3) is 0 Å². The largest absolute Gasteiger partial charge is 0.481 e. The van der Waals surface area contributed by atoms with Crippen molar-refractivity contribution in [1.29, 1.82) is 0 Å². The lowest BCUT2D eigenvalue weighted by atomic mass is 9.71. The summed E-state index contributed by atoms with van der Waals surface area (Å²) in [7, 11) is 0. The summed E-state index contributed by atoms with van der Waals surface area (Å²) in [5.74, 6) is -0.267. The van der Waals surface area contributed by atoms with E-state index in [1.54, 1.807) is 0 Å². The minimum Gasteiger partial charge on any atom is -0.481 e. The molecule has 23 heavy (non-hydrogen) atoms. The molecule has 0 spiro atoms. The number of ether oxygens (including phenoxy) is 1. The first-order valence-electron chi connectivity index (χ1n) is 8.48. The number of aliphatic carboxylic acids is 1. The molecule has 1 aliphatic rings. The third kappa shape index (κ3) is 4.25. The fourth-order valence-electron chi connectivity index (χ4n) is 3.21. The third-order valence-corrected chi connectivity index (χ3v) is 4.80. The molecule has 4 heteroatoms. The van der Waals surface area contributed by atoms with Crippen LogP contribution in [-0.4, -0.2) is 37.4 Å². The summed E-state index contributed by atoms with van der Waals surface area (Å²) in [6.45, 7) is 11.3. The van der Waals surface area contributed by atoms with Gasteiger partial charge in [0.1, 0.15) is 0 Å². The van der Waals surface area contributed by atoms with Crippen LogP contribution in [0.4, 0.5) is 5.69 Å². The van der Waals surface area contributed by atoms with E-state index >= 15 is 0 Å². The van der Waals surface area contributed by atoms with Gasteiger partial charge in [-0.3, -0.25) is 4.79 Å². The number of rotatable bonds is 6. The molecule has 1 atom stereocenters. The summed E-state index contributed by atoms with van der Waals surface area (Å²) in [5, 5.41) is 9.62. The molecule has 1 heterocycles. The van der Waals surface area contributed by atoms with Crippen LogP contribution in [0.5, 0.6) is 0 Å². The summed E-state index contributed by atoms with van der Waals surface area (Å²) >= 11 is 0. The summed E-state index contributed by atoms with van der Waals surface area (Å²) in [6, 6.07) is 8.43. The fourth-order valence-corrected chi connectivity index (χ4v) is 3.21. The predicted molar refractivity (Wildman–Crippen MR) is 93.1 cm³/mol. The maximum absolute atomic E-state index is 11.7. The van der Waals surface area contributed by atoms with Gasteiger partial charge in [-0.15, -0.1) is 0 Å². The van der Waals surface area contributed by atoms with Crippen molar-refractivity contribution in [2.45, 2.75) is 40.0 Å². The van der Waals surface area contributed by atoms with Gasteiger partial charge in [-0.1, -0.05) is 26.0 Å². The fraction of sp³-hybridized carbons (Fsp3) is 0.632. The molecule has 1 aromatic rings. The smallest absolute Gasteiger partial charge is 0.309 e. The lowest BCUT2D eigenvalue weighted by Gasteiger charge is -2.33. The monoisotopic (exact) mass is 319 g/mol. The van der Waals surface area contributed by atoms with Crippen molar-refractivity contribution in [2.75, 3.05) is 31.2 Å². The Hall–Kier alpha value is -1.55. The van der Waals surface area contributed by atoms with Crippen LogP contribution in [0.2, 0.25) is 0 Å². The van der Waals surface area contributed by atoms with Crippen LogP contribution in [-0.2, 0) is 9.53 Å². The average molecular weight is 319 g/mol. The second-order valence-corrected chi connectivity index (χ2v) is 7.40. The number of hydrogen-bond donors (Lipinski definition) is 1. The van der Waals surface area contributed by atoms with E-state index in [4.69, 9.17) is 4.74 Å². The van der Waals surface area contributed by atoms with Gasteiger partial charge < -0.3 is 14.7 Å². The number of nitrogens with zero attached hydrogens (tertiary/aromatic N) is 1. The number of anilines is 1. The Kier molecular flexibility index (Phi) is 5.69. The van der Waals surface area contributed by atoms with Crippen molar-refractivity contribution in [3.8, 4) is 0 Å². The van der Waals surface area contributed by atoms with Gasteiger partial charge in [0.2, 0.25) is 0 Å². The number of morpholine rings is 1. The SMILES string of the molecule is CC(C)CC(c1ccc(N2CCOCC2)cc1)C(C)(C)C(=O)O. The number of hydrogen-bond acceptors (Lipinski definition) is 3. The molecule has 0 saturated carbocycles. The minimum absolute atomic E-state index is 0.0127. The molecule has 1 saturated heterocycles. The summed E-state index contributed by atoms with van der Waals surface area (Å²) in [6.07, 6.45) is 0.871. The van der Waals surface area contributed by atoms with E-state index in [-0.39, 0.29) is 5.92 Å². The van der Waals surface area contributed by atoms with Gasteiger partial charge in [-0.05, 0) is 49.8 Å². The Bertz CT molecular complexity index is 516. The highest BCUT2D eigenvalue weighted by Gasteiger charge is 2.38. The molecule has 1 unspecified atom stereocenters. The van der Waals surface area contributed by atoms with E-state index in [1.807, 2.05) is 13.8 Å². The zero-order valence-corrected chi connectivity index (χ0v) is 14.7. The number of benzene rings is 1. The molecule has 2 rings (SSSR count). The Balaban J connectivity index is 2.23. The van der Waals surface area contributed by atoms with Crippen molar-refractivity contribution >= 4 is 11.7 Å². The molecule has 1 fully saturated rings. The molecule has 0 aliphatic carbocycles. The van der Waals surface area contributed by atoms with Crippen molar-refractivity contribution in [3.05, 3.63) is 29.8 Å². The standard InChI is InChI=1S/C19H29NO3/c1-14(2)13-17(19(3,4)18(21)22)15-5-7-16(8-6-15)20-9-11-23-12-10-20/h5-8,14,17H,9-13H2,1-4H3,(H,21,22). The van der Waals surface area contributed by atoms with Gasteiger partial charge in [0, 0.05) is 18.8 Å². The molecule has 0 bridgehead atoms. The molecule has 4 nitrogen and oxygen atoms in total. The molecule has 1 aromatic carbocycles. The first-order valence-corrected chi connectivity index (χ1v) is 8.48. The Morgan fingerprint density at radius 3 is 2.26 bits per heavy atom. The molecule has 0 aromatic heterocycles. The topological polar surface area (TPSA) is 49.8 Å². The zero-order valence-electron chi connectivity index (χ0n) is 14.7. The molecule has 128 valence electrons. The van der Waals surface area contributed by atoms with E-state index in [0.717, 1.165) is 38.3 Å². The van der Waals surface area contributed by atoms with Crippen LogP contribution in [0.15, 0.2) is 24.3 Å². The van der Waals surface area contributed by atoms with Crippen molar-refractivity contribution < 1.29 is 14.6 Å². The average Bonchev–Trinajstić information content (AvgIpc) is 2.53. The van der Waals surface area contributed by atoms with E-state index in [0.29, 0.717) is 5.92 Å². The van der Waals surface area contributed by atoms with Crippen LogP contribution < -0.4 is 4.90 Å². The van der Waals surface area contributed by atoms with Crippen LogP contribution in [0, 0.1) is 11.3 Å². The second-order valence-electron chi connectivity index (χ2n) is 7.40. The number of carboxylic acid groups (broad SMARTS) is 1. The Morgan fingerprint density at radius 1 is 1.22 bits per heavy atom. The number of carbonyl (C=O) groups is 1. The summed E-state index contributed by atoms with van der Waals surface area (Å²) < 4.78 is 5.39. The Labute approximate surface area is 139 Å². The van der Waals surface area contributed by atoms with Crippen LogP contribution >= 0.6 is 0 Å². The van der Waals surface area contributed by atoms with Crippen LogP contribution in [0.1, 0.15) is 45.6 Å². The molecule has 1 aliphatic heterocycles. The molecule has 1 N–H and O–H groups in total. The van der Waals surface area contributed by atoms with Gasteiger partial charge in [-0.2, -0.15) is 0 Å². The van der Waals surface area contributed by atoms with E-state index in [2.05, 4.69) is 43.0 Å². The van der Waals surface area contributed by atoms with Crippen LogP contribution in [0.25, 0.3) is 0 Å². The predicted octanol–water partition coefficient (Wildman–Crippen LogP) is 3.76. The lowest BCUT2D eigenvalue weighted by molar-refractivity contribution is -0.148. The third-order valence-electron chi connectivity index (χ3n) is 4.80. The zero-order chi connectivity index (χ0) is 17.0. The van der Waals surface area contributed by atoms with Gasteiger partial charge in [0.05, 0.1) is 18.6 Å². The van der Waals surface area contributed by atoms with Gasteiger partial charge in [0.15, 0.2) is 0 Å². The Morgan fingerprint density at radius 2 is 1.78 bits per heavy atom. The van der Waals surface area contributed by atoms with E-state index in [1.165, 1.54) is 5.69 Å². The number of carboxylic acids is 1. The molecular weight excluding hydrogens is 290 g/mol. The van der Waals surface area contributed by atoms with Crippen LogP contribution in [0.3, 0.4) is 0 Å². The highest BCUT2D eigenvalue weighted by molar-refractivity contribution is 5.75. The van der Waals surface area contributed by atoms with Gasteiger partial charge in [-0.25, -0.2) is 0 Å². The first-order chi connectivity index (χ1) is 10.8. The van der Waals surface area contributed by atoms with E-state index in [9.17, 15) is 9.90 Å². The normalized spacial score (nSPS) is 17.3. The second kappa shape index (κ2) is 7.35.